The van der Waals surface area contributed by atoms with Crippen molar-refractivity contribution in [1.82, 2.24) is 19.9 Å². The lowest BCUT2D eigenvalue weighted by Crippen LogP contribution is -2.00. The average Bonchev–Trinajstić information content (AvgIpc) is 3.24. The first-order valence-corrected chi connectivity index (χ1v) is 17.9. The average molecular weight is 699 g/mol. The fourth-order valence-electron chi connectivity index (χ4n) is 6.70. The van der Waals surface area contributed by atoms with E-state index in [0.717, 1.165) is 66.7 Å². The molecule has 0 N–H and O–H groups in total. The van der Waals surface area contributed by atoms with Gasteiger partial charge in [0.25, 0.3) is 0 Å². The van der Waals surface area contributed by atoms with Gasteiger partial charge in [-0.05, 0) is 56.8 Å². The molecular formula is C48H31ClN4. The van der Waals surface area contributed by atoms with Crippen molar-refractivity contribution in [2.24, 2.45) is 0 Å². The molecule has 9 rings (SSSR count). The fourth-order valence-corrected chi connectivity index (χ4v) is 6.86. The summed E-state index contributed by atoms with van der Waals surface area (Å²) in [6.45, 7) is 0. The quantitative estimate of drug-likeness (QED) is 0.166. The number of fused-ring (bicyclic) bond motifs is 1. The number of aromatic nitrogens is 4. The molecular weight excluding hydrogens is 668 g/mol. The van der Waals surface area contributed by atoms with Crippen molar-refractivity contribution < 1.29 is 0 Å². The predicted molar refractivity (Wildman–Crippen MR) is 218 cm³/mol. The van der Waals surface area contributed by atoms with Crippen molar-refractivity contribution in [1.29, 1.82) is 0 Å². The Morgan fingerprint density at radius 3 is 1.38 bits per heavy atom. The molecule has 53 heavy (non-hydrogen) atoms. The van der Waals surface area contributed by atoms with E-state index < -0.39 is 0 Å². The molecule has 2 aromatic heterocycles. The van der Waals surface area contributed by atoms with E-state index in [1.165, 1.54) is 5.39 Å². The first-order chi connectivity index (χ1) is 26.1. The Morgan fingerprint density at radius 1 is 0.321 bits per heavy atom. The van der Waals surface area contributed by atoms with Gasteiger partial charge in [-0.15, -0.1) is 0 Å². The van der Waals surface area contributed by atoms with Gasteiger partial charge in [-0.25, -0.2) is 15.0 Å². The topological polar surface area (TPSA) is 51.6 Å². The molecule has 7 aromatic carbocycles. The summed E-state index contributed by atoms with van der Waals surface area (Å²) in [6, 6.07) is 62.5. The number of nitrogens with zero attached hydrogens (tertiary/aromatic N) is 4. The summed E-state index contributed by atoms with van der Waals surface area (Å²) in [6.07, 6.45) is 1.70. The highest BCUT2D eigenvalue weighted by atomic mass is 35.5. The number of benzene rings is 7. The zero-order chi connectivity index (χ0) is 35.6. The molecule has 0 saturated heterocycles. The van der Waals surface area contributed by atoms with Crippen LogP contribution in [0.5, 0.6) is 0 Å². The molecule has 0 unspecified atom stereocenters. The van der Waals surface area contributed by atoms with Gasteiger partial charge in [-0.2, -0.15) is 0 Å². The van der Waals surface area contributed by atoms with Crippen LogP contribution in [0.3, 0.4) is 0 Å². The highest BCUT2D eigenvalue weighted by Gasteiger charge is 2.16. The van der Waals surface area contributed by atoms with E-state index in [2.05, 4.69) is 152 Å². The second-order valence-electron chi connectivity index (χ2n) is 12.9. The third kappa shape index (κ3) is 6.72. The first kappa shape index (κ1) is 32.2. The second-order valence-corrected chi connectivity index (χ2v) is 13.3. The minimum atomic E-state index is 0.576. The third-order valence-corrected chi connectivity index (χ3v) is 9.65. The molecule has 4 nitrogen and oxygen atoms in total. The standard InChI is InChI=1S/C48H31ClN4/c49-43-30-44(40-27-22-34-14-7-8-15-39(34)28-40)45(50-31-43)41-16-9-17-42(29-41)48-52-46(37-23-18-35(19-24-37)32-10-3-1-4-11-32)51-47(53-48)38-25-20-36(21-26-38)33-12-5-2-6-13-33/h1-31H. The normalized spacial score (nSPS) is 11.1. The summed E-state index contributed by atoms with van der Waals surface area (Å²) in [5.41, 5.74) is 11.0. The Balaban J connectivity index is 1.14. The van der Waals surface area contributed by atoms with Gasteiger partial charge in [0.2, 0.25) is 0 Å². The molecule has 0 aliphatic heterocycles. The van der Waals surface area contributed by atoms with E-state index in [9.17, 15) is 0 Å². The largest absolute Gasteiger partial charge is 0.254 e. The van der Waals surface area contributed by atoms with Crippen LogP contribution in [-0.2, 0) is 0 Å². The zero-order valence-corrected chi connectivity index (χ0v) is 29.3. The minimum absolute atomic E-state index is 0.576. The van der Waals surface area contributed by atoms with Crippen LogP contribution < -0.4 is 0 Å². The second kappa shape index (κ2) is 14.1. The number of halogens is 1. The molecule has 0 radical (unpaired) electrons. The molecule has 0 fully saturated rings. The van der Waals surface area contributed by atoms with E-state index in [-0.39, 0.29) is 0 Å². The Labute approximate surface area is 313 Å². The van der Waals surface area contributed by atoms with Crippen LogP contribution in [0, 0.1) is 0 Å². The highest BCUT2D eigenvalue weighted by Crippen LogP contribution is 2.36. The first-order valence-electron chi connectivity index (χ1n) is 17.5. The number of hydrogen-bond acceptors (Lipinski definition) is 4. The molecule has 0 spiro atoms. The van der Waals surface area contributed by atoms with Crippen LogP contribution in [0.2, 0.25) is 5.02 Å². The van der Waals surface area contributed by atoms with Crippen LogP contribution >= 0.6 is 11.6 Å². The van der Waals surface area contributed by atoms with Crippen molar-refractivity contribution in [3.05, 3.63) is 193 Å². The maximum Gasteiger partial charge on any atom is 0.164 e. The van der Waals surface area contributed by atoms with Crippen LogP contribution in [0.1, 0.15) is 0 Å². The van der Waals surface area contributed by atoms with Gasteiger partial charge in [0.15, 0.2) is 17.5 Å². The smallest absolute Gasteiger partial charge is 0.164 e. The van der Waals surface area contributed by atoms with Gasteiger partial charge >= 0.3 is 0 Å². The van der Waals surface area contributed by atoms with E-state index in [0.29, 0.717) is 22.5 Å². The van der Waals surface area contributed by atoms with Gasteiger partial charge in [0.1, 0.15) is 0 Å². The molecule has 5 heteroatoms. The summed E-state index contributed by atoms with van der Waals surface area (Å²) in [5.74, 6) is 1.78. The molecule has 0 saturated carbocycles. The number of pyridine rings is 1. The maximum atomic E-state index is 6.55. The molecule has 0 amide bonds. The van der Waals surface area contributed by atoms with Crippen LogP contribution in [0.25, 0.3) is 89.6 Å². The SMILES string of the molecule is Clc1cnc(-c2cccc(-c3nc(-c4ccc(-c5ccccc5)cc4)nc(-c4ccc(-c5ccccc5)cc4)n3)c2)c(-c2ccc3ccccc3c2)c1. The monoisotopic (exact) mass is 698 g/mol. The molecule has 2 heterocycles. The summed E-state index contributed by atoms with van der Waals surface area (Å²) < 4.78 is 0. The Kier molecular flexibility index (Phi) is 8.56. The van der Waals surface area contributed by atoms with E-state index in [4.69, 9.17) is 31.5 Å². The molecule has 0 aliphatic carbocycles. The number of rotatable bonds is 7. The third-order valence-electron chi connectivity index (χ3n) is 9.44. The van der Waals surface area contributed by atoms with Gasteiger partial charge in [-0.3, -0.25) is 4.98 Å². The molecule has 0 aliphatic rings. The summed E-state index contributed by atoms with van der Waals surface area (Å²) >= 11 is 6.55. The maximum absolute atomic E-state index is 6.55. The van der Waals surface area contributed by atoms with Crippen molar-refractivity contribution in [3.8, 4) is 78.8 Å². The predicted octanol–water partition coefficient (Wildman–Crippen LogP) is 12.7. The lowest BCUT2D eigenvalue weighted by atomic mass is 9.96. The van der Waals surface area contributed by atoms with Gasteiger partial charge in [0, 0.05) is 34.0 Å². The Bertz CT molecular complexity index is 2610. The van der Waals surface area contributed by atoms with Gasteiger partial charge in [-0.1, -0.05) is 175 Å². The van der Waals surface area contributed by atoms with E-state index in [1.54, 1.807) is 6.20 Å². The van der Waals surface area contributed by atoms with E-state index in [1.807, 2.05) is 30.3 Å². The number of hydrogen-bond donors (Lipinski definition) is 0. The summed E-state index contributed by atoms with van der Waals surface area (Å²) in [4.78, 5) is 20.0. The lowest BCUT2D eigenvalue weighted by Gasteiger charge is -2.13. The van der Waals surface area contributed by atoms with Crippen LogP contribution in [-0.4, -0.2) is 19.9 Å². The molecule has 250 valence electrons. The summed E-state index contributed by atoms with van der Waals surface area (Å²) in [7, 11) is 0. The fraction of sp³-hybridized carbons (Fsp3) is 0. The van der Waals surface area contributed by atoms with Gasteiger partial charge in [0.05, 0.1) is 10.7 Å². The Morgan fingerprint density at radius 2 is 0.774 bits per heavy atom. The zero-order valence-electron chi connectivity index (χ0n) is 28.6. The van der Waals surface area contributed by atoms with Crippen molar-refractivity contribution in [2.75, 3.05) is 0 Å². The van der Waals surface area contributed by atoms with Crippen molar-refractivity contribution in [2.45, 2.75) is 0 Å². The Hall–Kier alpha value is -6.75. The van der Waals surface area contributed by atoms with E-state index >= 15 is 0 Å². The van der Waals surface area contributed by atoms with Crippen molar-refractivity contribution >= 4 is 22.4 Å². The highest BCUT2D eigenvalue weighted by molar-refractivity contribution is 6.30. The minimum Gasteiger partial charge on any atom is -0.254 e. The van der Waals surface area contributed by atoms with Gasteiger partial charge < -0.3 is 0 Å². The van der Waals surface area contributed by atoms with Crippen LogP contribution in [0.15, 0.2) is 188 Å². The molecule has 0 bridgehead atoms. The molecule has 0 atom stereocenters. The summed E-state index contributed by atoms with van der Waals surface area (Å²) in [5, 5.41) is 2.92. The van der Waals surface area contributed by atoms with Crippen LogP contribution in [0.4, 0.5) is 0 Å². The molecule has 9 aromatic rings. The van der Waals surface area contributed by atoms with Crippen molar-refractivity contribution in [3.63, 3.8) is 0 Å². The lowest BCUT2D eigenvalue weighted by molar-refractivity contribution is 1.07.